The largest absolute Gasteiger partial charge is 0.390 e. The number of imidazole rings is 1. The van der Waals surface area contributed by atoms with Crippen LogP contribution >= 0.6 is 11.6 Å². The van der Waals surface area contributed by atoms with Crippen LogP contribution in [0.25, 0.3) is 11.3 Å². The van der Waals surface area contributed by atoms with E-state index in [0.29, 0.717) is 36.8 Å². The van der Waals surface area contributed by atoms with Crippen LogP contribution in [-0.2, 0) is 0 Å². The van der Waals surface area contributed by atoms with E-state index in [1.54, 1.807) is 37.6 Å². The van der Waals surface area contributed by atoms with Gasteiger partial charge in [0.1, 0.15) is 11.6 Å². The molecule has 2 unspecified atom stereocenters. The highest BCUT2D eigenvalue weighted by Gasteiger charge is 2.43. The van der Waals surface area contributed by atoms with Crippen molar-refractivity contribution in [3.05, 3.63) is 76.2 Å². The first-order valence-electron chi connectivity index (χ1n) is 10.9. The van der Waals surface area contributed by atoms with Gasteiger partial charge in [0.25, 0.3) is 0 Å². The number of benzene rings is 2. The fourth-order valence-electron chi connectivity index (χ4n) is 5.36. The first kappa shape index (κ1) is 21.6. The van der Waals surface area contributed by atoms with Crippen LogP contribution in [0.15, 0.2) is 42.9 Å². The average molecular weight is 459 g/mol. The van der Waals surface area contributed by atoms with Gasteiger partial charge in [-0.25, -0.2) is 13.8 Å². The molecule has 1 aromatic heterocycles. The molecular weight excluding hydrogens is 434 g/mol. The van der Waals surface area contributed by atoms with Gasteiger partial charge in [0.2, 0.25) is 0 Å². The maximum Gasteiger partial charge on any atom is 0.141 e. The summed E-state index contributed by atoms with van der Waals surface area (Å²) in [6.07, 6.45) is 4.64. The minimum atomic E-state index is -1.26. The van der Waals surface area contributed by atoms with Crippen LogP contribution in [0, 0.1) is 18.6 Å². The molecule has 1 aliphatic heterocycles. The molecule has 2 heterocycles. The third-order valence-electron chi connectivity index (χ3n) is 7.32. The Morgan fingerprint density at radius 2 is 1.97 bits per heavy atom. The standard InChI is InChI=1S/C25H25ClF2N2O2/c1-14-2-4-17-21-12-29-13-30(21)20(23(17)24(14)28)11-22(31)25(32)8-6-15(7-9-25)16-3-5-19(27)18(26)10-16/h2-5,10,12-13,15,20,22,31-32H,6-9,11H2,1H3. The van der Waals surface area contributed by atoms with Gasteiger partial charge >= 0.3 is 0 Å². The predicted molar refractivity (Wildman–Crippen MR) is 119 cm³/mol. The lowest BCUT2D eigenvalue weighted by atomic mass is 9.72. The van der Waals surface area contributed by atoms with Crippen LogP contribution in [0.2, 0.25) is 5.02 Å². The number of aromatic nitrogens is 2. The van der Waals surface area contributed by atoms with Gasteiger partial charge in [-0.05, 0) is 61.8 Å². The van der Waals surface area contributed by atoms with Crippen LogP contribution in [-0.4, -0.2) is 31.5 Å². The molecule has 3 aromatic rings. The summed E-state index contributed by atoms with van der Waals surface area (Å²) >= 11 is 5.93. The Hall–Kier alpha value is -2.28. The summed E-state index contributed by atoms with van der Waals surface area (Å²) in [4.78, 5) is 4.20. The fourth-order valence-corrected chi connectivity index (χ4v) is 5.55. The normalized spacial score (nSPS) is 25.4. The van der Waals surface area contributed by atoms with Crippen LogP contribution < -0.4 is 0 Å². The van der Waals surface area contributed by atoms with Crippen molar-refractivity contribution in [3.63, 3.8) is 0 Å². The van der Waals surface area contributed by atoms with Gasteiger partial charge in [-0.15, -0.1) is 0 Å². The minimum absolute atomic E-state index is 0.0942. The van der Waals surface area contributed by atoms with Crippen LogP contribution in [0.3, 0.4) is 0 Å². The Kier molecular flexibility index (Phi) is 5.35. The Morgan fingerprint density at radius 1 is 1.22 bits per heavy atom. The van der Waals surface area contributed by atoms with Gasteiger partial charge in [0, 0.05) is 17.5 Å². The topological polar surface area (TPSA) is 58.3 Å². The summed E-state index contributed by atoms with van der Waals surface area (Å²) in [5, 5.41) is 22.5. The molecule has 0 radical (unpaired) electrons. The number of hydrogen-bond acceptors (Lipinski definition) is 3. The van der Waals surface area contributed by atoms with Crippen molar-refractivity contribution in [1.82, 2.24) is 9.55 Å². The molecular formula is C25H25ClF2N2O2. The van der Waals surface area contributed by atoms with Crippen molar-refractivity contribution in [1.29, 1.82) is 0 Å². The molecule has 2 aliphatic rings. The Morgan fingerprint density at radius 3 is 2.69 bits per heavy atom. The third kappa shape index (κ3) is 3.45. The molecule has 2 N–H and O–H groups in total. The second-order valence-electron chi connectivity index (χ2n) is 9.16. The number of nitrogens with zero attached hydrogens (tertiary/aromatic N) is 2. The number of aryl methyl sites for hydroxylation is 1. The zero-order valence-electron chi connectivity index (χ0n) is 17.7. The summed E-state index contributed by atoms with van der Waals surface area (Å²) in [7, 11) is 0. The molecule has 168 valence electrons. The van der Waals surface area contributed by atoms with Crippen molar-refractivity contribution in [2.45, 2.75) is 62.7 Å². The van der Waals surface area contributed by atoms with E-state index in [9.17, 15) is 14.6 Å². The number of aliphatic hydroxyl groups is 2. The van der Waals surface area contributed by atoms with E-state index in [2.05, 4.69) is 4.98 Å². The number of halogens is 3. The molecule has 0 saturated heterocycles. The Balaban J connectivity index is 1.34. The summed E-state index contributed by atoms with van der Waals surface area (Å²) in [6, 6.07) is 7.96. The maximum absolute atomic E-state index is 15.1. The van der Waals surface area contributed by atoms with E-state index < -0.39 is 23.6 Å². The molecule has 1 aliphatic carbocycles. The van der Waals surface area contributed by atoms with Crippen molar-refractivity contribution in [2.75, 3.05) is 0 Å². The quantitative estimate of drug-likeness (QED) is 0.540. The van der Waals surface area contributed by atoms with E-state index >= 15 is 4.39 Å². The number of aliphatic hydroxyl groups excluding tert-OH is 1. The van der Waals surface area contributed by atoms with Crippen molar-refractivity contribution < 1.29 is 19.0 Å². The molecule has 7 heteroatoms. The monoisotopic (exact) mass is 458 g/mol. The molecule has 2 atom stereocenters. The highest BCUT2D eigenvalue weighted by molar-refractivity contribution is 6.30. The van der Waals surface area contributed by atoms with Crippen molar-refractivity contribution in [2.24, 2.45) is 0 Å². The average Bonchev–Trinajstić information content (AvgIpc) is 3.36. The van der Waals surface area contributed by atoms with Gasteiger partial charge < -0.3 is 14.8 Å². The fraction of sp³-hybridized carbons (Fsp3) is 0.400. The molecule has 1 fully saturated rings. The van der Waals surface area contributed by atoms with Crippen LogP contribution in [0.4, 0.5) is 8.78 Å². The second-order valence-corrected chi connectivity index (χ2v) is 9.57. The van der Waals surface area contributed by atoms with Crippen LogP contribution in [0.1, 0.15) is 60.8 Å². The Bertz CT molecular complexity index is 1170. The lowest BCUT2D eigenvalue weighted by Crippen LogP contribution is -2.46. The molecule has 4 nitrogen and oxygen atoms in total. The summed E-state index contributed by atoms with van der Waals surface area (Å²) in [5.74, 6) is -0.572. The molecule has 0 amide bonds. The zero-order chi connectivity index (χ0) is 22.6. The number of hydrogen-bond donors (Lipinski definition) is 2. The van der Waals surface area contributed by atoms with Gasteiger partial charge in [-0.3, -0.25) is 0 Å². The van der Waals surface area contributed by atoms with E-state index in [0.717, 1.165) is 16.8 Å². The van der Waals surface area contributed by atoms with E-state index in [1.807, 2.05) is 10.6 Å². The summed E-state index contributed by atoms with van der Waals surface area (Å²) < 4.78 is 30.4. The van der Waals surface area contributed by atoms with Crippen LogP contribution in [0.5, 0.6) is 0 Å². The summed E-state index contributed by atoms with van der Waals surface area (Å²) in [6.45, 7) is 1.73. The Labute approximate surface area is 190 Å². The third-order valence-corrected chi connectivity index (χ3v) is 7.61. The minimum Gasteiger partial charge on any atom is -0.390 e. The highest BCUT2D eigenvalue weighted by Crippen LogP contribution is 2.46. The van der Waals surface area contributed by atoms with E-state index in [-0.39, 0.29) is 23.2 Å². The number of rotatable bonds is 4. The van der Waals surface area contributed by atoms with Gasteiger partial charge in [0.05, 0.1) is 41.0 Å². The van der Waals surface area contributed by atoms with Gasteiger partial charge in [-0.2, -0.15) is 0 Å². The van der Waals surface area contributed by atoms with Gasteiger partial charge in [-0.1, -0.05) is 29.8 Å². The molecule has 32 heavy (non-hydrogen) atoms. The van der Waals surface area contributed by atoms with Crippen molar-refractivity contribution >= 4 is 11.6 Å². The van der Waals surface area contributed by atoms with Crippen molar-refractivity contribution in [3.8, 4) is 11.3 Å². The summed E-state index contributed by atoms with van der Waals surface area (Å²) in [5.41, 5.74) is 2.40. The first-order chi connectivity index (χ1) is 15.3. The molecule has 0 bridgehead atoms. The molecule has 0 spiro atoms. The predicted octanol–water partition coefficient (Wildman–Crippen LogP) is 5.53. The zero-order valence-corrected chi connectivity index (χ0v) is 18.5. The first-order valence-corrected chi connectivity index (χ1v) is 11.3. The van der Waals surface area contributed by atoms with E-state index in [4.69, 9.17) is 11.6 Å². The maximum atomic E-state index is 15.1. The SMILES string of the molecule is Cc1ccc2c(c1F)C(CC(O)C1(O)CCC(c3ccc(F)c(Cl)c3)CC1)n1cncc1-2. The molecule has 2 aromatic carbocycles. The molecule has 1 saturated carbocycles. The van der Waals surface area contributed by atoms with E-state index in [1.165, 1.54) is 6.07 Å². The van der Waals surface area contributed by atoms with Gasteiger partial charge in [0.15, 0.2) is 0 Å². The smallest absolute Gasteiger partial charge is 0.141 e. The lowest BCUT2D eigenvalue weighted by molar-refractivity contribution is -0.105. The number of fused-ring (bicyclic) bond motifs is 3. The lowest BCUT2D eigenvalue weighted by Gasteiger charge is -2.40. The second kappa shape index (κ2) is 7.94. The molecule has 5 rings (SSSR count). The highest BCUT2D eigenvalue weighted by atomic mass is 35.5.